The van der Waals surface area contributed by atoms with Crippen LogP contribution in [0, 0.1) is 17.8 Å². The summed E-state index contributed by atoms with van der Waals surface area (Å²) in [6.07, 6.45) is 6.24. The topological polar surface area (TPSA) is 3.01 Å². The molecule has 0 aromatic rings. The molecule has 0 rings (SSSR count). The highest BCUT2D eigenvalue weighted by molar-refractivity contribution is 5.55. The molecule has 90 valence electrons. The van der Waals surface area contributed by atoms with Crippen molar-refractivity contribution in [3.05, 3.63) is 0 Å². The minimum absolute atomic E-state index is 0.747. The predicted octanol–water partition coefficient (Wildman–Crippen LogP) is 3.82. The molecule has 1 nitrogen and oxygen atoms in total. The summed E-state index contributed by atoms with van der Waals surface area (Å²) in [4.78, 5) is 0. The summed E-state index contributed by atoms with van der Waals surface area (Å²) in [7, 11) is 2.20. The molecule has 0 aliphatic rings. The maximum atomic E-state index is 2.44. The Labute approximate surface area is 96.6 Å². The Hall–Kier alpha value is -0.330. The van der Waals surface area contributed by atoms with Gasteiger partial charge in [0, 0.05) is 12.3 Å². The highest BCUT2D eigenvalue weighted by Crippen LogP contribution is 2.24. The summed E-state index contributed by atoms with van der Waals surface area (Å²) in [5.74, 6) is 2.39. The fourth-order valence-corrected chi connectivity index (χ4v) is 2.16. The summed E-state index contributed by atoms with van der Waals surface area (Å²) >= 11 is 0. The third-order valence-corrected chi connectivity index (χ3v) is 3.71. The molecular weight excluding hydrogens is 182 g/mol. The molecule has 15 heavy (non-hydrogen) atoms. The second-order valence-electron chi connectivity index (χ2n) is 4.95. The van der Waals surface area contributed by atoms with Crippen molar-refractivity contribution in [1.29, 1.82) is 0 Å². The van der Waals surface area contributed by atoms with Crippen LogP contribution in [-0.2, 0) is 0 Å². The molecule has 3 atom stereocenters. The van der Waals surface area contributed by atoms with Gasteiger partial charge in [0.2, 0.25) is 0 Å². The van der Waals surface area contributed by atoms with Crippen molar-refractivity contribution in [3.8, 4) is 0 Å². The second kappa shape index (κ2) is 7.90. The van der Waals surface area contributed by atoms with Crippen LogP contribution in [0.15, 0.2) is 0 Å². The van der Waals surface area contributed by atoms with Crippen LogP contribution in [0.5, 0.6) is 0 Å². The average Bonchev–Trinajstić information content (AvgIpc) is 2.24. The van der Waals surface area contributed by atoms with Crippen LogP contribution in [0.4, 0.5) is 0 Å². The fraction of sp³-hybridized carbons (Fsp3) is 0.929. The second-order valence-corrected chi connectivity index (χ2v) is 4.95. The number of hydrogen-bond acceptors (Lipinski definition) is 0. The maximum absolute atomic E-state index is 2.44. The highest BCUT2D eigenvalue weighted by Gasteiger charge is 2.21. The predicted molar refractivity (Wildman–Crippen MR) is 69.8 cm³/mol. The molecule has 0 amide bonds. The van der Waals surface area contributed by atoms with Crippen LogP contribution < -0.4 is 0 Å². The van der Waals surface area contributed by atoms with E-state index < -0.39 is 0 Å². The maximum Gasteiger partial charge on any atom is 0.142 e. The van der Waals surface area contributed by atoms with Gasteiger partial charge in [0.25, 0.3) is 0 Å². The van der Waals surface area contributed by atoms with Gasteiger partial charge in [-0.05, 0) is 18.3 Å². The smallest absolute Gasteiger partial charge is 0.142 e. The van der Waals surface area contributed by atoms with Gasteiger partial charge < -0.3 is 0 Å². The normalized spacial score (nSPS) is 18.7. The van der Waals surface area contributed by atoms with Gasteiger partial charge in [-0.15, -0.1) is 0 Å². The van der Waals surface area contributed by atoms with E-state index in [1.165, 1.54) is 25.8 Å². The fourth-order valence-electron chi connectivity index (χ4n) is 2.16. The Kier molecular flexibility index (Phi) is 7.72. The van der Waals surface area contributed by atoms with Crippen LogP contribution in [0.2, 0.25) is 0 Å². The summed E-state index contributed by atoms with van der Waals surface area (Å²) in [6.45, 7) is 12.8. The Morgan fingerprint density at radius 2 is 1.67 bits per heavy atom. The van der Waals surface area contributed by atoms with E-state index in [1.54, 1.807) is 0 Å². The van der Waals surface area contributed by atoms with Gasteiger partial charge in [0.05, 0.1) is 0 Å². The van der Waals surface area contributed by atoms with Gasteiger partial charge >= 0.3 is 0 Å². The lowest BCUT2D eigenvalue weighted by molar-refractivity contribution is -0.495. The third kappa shape index (κ3) is 5.34. The SMILES string of the molecule is CCC[N+](C)=CC(CC)C(C)C(C)CC. The number of hydrogen-bond donors (Lipinski definition) is 0. The van der Waals surface area contributed by atoms with Crippen LogP contribution >= 0.6 is 0 Å². The molecule has 0 aliphatic carbocycles. The first-order valence-electron chi connectivity index (χ1n) is 6.61. The van der Waals surface area contributed by atoms with Gasteiger partial charge in [-0.1, -0.05) is 41.0 Å². The van der Waals surface area contributed by atoms with Gasteiger partial charge in [0.15, 0.2) is 0 Å². The van der Waals surface area contributed by atoms with Crippen molar-refractivity contribution in [3.63, 3.8) is 0 Å². The molecule has 0 fully saturated rings. The van der Waals surface area contributed by atoms with E-state index >= 15 is 0 Å². The van der Waals surface area contributed by atoms with Gasteiger partial charge in [0.1, 0.15) is 19.8 Å². The standard InChI is InChI=1S/C14H30N/c1-7-10-15(6)11-14(9-3)13(5)12(4)8-2/h11-14H,7-10H2,1-6H3/q+1. The van der Waals surface area contributed by atoms with Crippen molar-refractivity contribution < 1.29 is 4.58 Å². The molecule has 0 saturated heterocycles. The summed E-state index contributed by atoms with van der Waals surface area (Å²) in [5.41, 5.74) is 0. The van der Waals surface area contributed by atoms with Crippen LogP contribution in [0.25, 0.3) is 0 Å². The summed E-state index contributed by atoms with van der Waals surface area (Å²) < 4.78 is 2.37. The first-order chi connectivity index (χ1) is 7.06. The Balaban J connectivity index is 4.40. The van der Waals surface area contributed by atoms with Crippen LogP contribution in [-0.4, -0.2) is 24.4 Å². The lowest BCUT2D eigenvalue weighted by atomic mass is 9.82. The quantitative estimate of drug-likeness (QED) is 0.446. The van der Waals surface area contributed by atoms with Crippen LogP contribution in [0.1, 0.15) is 53.9 Å². The van der Waals surface area contributed by atoms with Gasteiger partial charge in [-0.2, -0.15) is 0 Å². The largest absolute Gasteiger partial charge is 0.242 e. The minimum Gasteiger partial charge on any atom is -0.242 e. The average molecular weight is 212 g/mol. The molecule has 0 radical (unpaired) electrons. The van der Waals surface area contributed by atoms with E-state index in [0.717, 1.165) is 17.8 Å². The Morgan fingerprint density at radius 3 is 2.07 bits per heavy atom. The lowest BCUT2D eigenvalue weighted by Gasteiger charge is -2.23. The van der Waals surface area contributed by atoms with E-state index in [4.69, 9.17) is 0 Å². The van der Waals surface area contributed by atoms with Crippen molar-refractivity contribution in [2.45, 2.75) is 53.9 Å². The van der Waals surface area contributed by atoms with E-state index in [9.17, 15) is 0 Å². The Morgan fingerprint density at radius 1 is 1.07 bits per heavy atom. The molecule has 0 aromatic heterocycles. The molecule has 3 unspecified atom stereocenters. The Bertz CT molecular complexity index is 184. The van der Waals surface area contributed by atoms with Gasteiger partial charge in [-0.3, -0.25) is 0 Å². The lowest BCUT2D eigenvalue weighted by Crippen LogP contribution is -2.24. The molecule has 0 heterocycles. The molecule has 0 aliphatic heterocycles. The van der Waals surface area contributed by atoms with E-state index in [1.807, 2.05) is 0 Å². The highest BCUT2D eigenvalue weighted by atomic mass is 14.9. The van der Waals surface area contributed by atoms with Gasteiger partial charge in [-0.25, -0.2) is 4.58 Å². The molecule has 0 spiro atoms. The monoisotopic (exact) mass is 212 g/mol. The first kappa shape index (κ1) is 14.7. The van der Waals surface area contributed by atoms with Crippen molar-refractivity contribution in [1.82, 2.24) is 0 Å². The third-order valence-electron chi connectivity index (χ3n) is 3.71. The molecule has 1 heteroatoms. The first-order valence-corrected chi connectivity index (χ1v) is 6.61. The molecule has 0 N–H and O–H groups in total. The zero-order chi connectivity index (χ0) is 11.8. The van der Waals surface area contributed by atoms with E-state index in [0.29, 0.717) is 0 Å². The van der Waals surface area contributed by atoms with E-state index in [-0.39, 0.29) is 0 Å². The summed E-state index contributed by atoms with van der Waals surface area (Å²) in [6, 6.07) is 0. The zero-order valence-electron chi connectivity index (χ0n) is 11.6. The number of nitrogens with zero attached hydrogens (tertiary/aromatic N) is 1. The molecule has 0 saturated carbocycles. The number of rotatable bonds is 7. The zero-order valence-corrected chi connectivity index (χ0v) is 11.6. The molecular formula is C14H30N+. The summed E-state index contributed by atoms with van der Waals surface area (Å²) in [5, 5.41) is 0. The molecule has 0 bridgehead atoms. The van der Waals surface area contributed by atoms with E-state index in [2.05, 4.69) is 52.5 Å². The van der Waals surface area contributed by atoms with Crippen molar-refractivity contribution in [2.24, 2.45) is 17.8 Å². The molecule has 0 aromatic carbocycles. The minimum atomic E-state index is 0.747. The van der Waals surface area contributed by atoms with Crippen molar-refractivity contribution in [2.75, 3.05) is 13.6 Å². The van der Waals surface area contributed by atoms with Crippen LogP contribution in [0.3, 0.4) is 0 Å². The van der Waals surface area contributed by atoms with Crippen molar-refractivity contribution >= 4 is 6.21 Å².